The number of nitrogens with zero attached hydrogens (tertiary/aromatic N) is 4. The van der Waals surface area contributed by atoms with Crippen LogP contribution in [0.1, 0.15) is 32.4 Å². The molecule has 0 unspecified atom stereocenters. The van der Waals surface area contributed by atoms with Crippen LogP contribution in [0.15, 0.2) is 48.9 Å². The van der Waals surface area contributed by atoms with Crippen LogP contribution in [0.3, 0.4) is 0 Å². The standard InChI is InChI=1S/C21H23ClN6O/c1-13(26-20-17-8-5-9-28(17)25-12-24-20)15-10-14-6-4-7-16(22)18(14)27-19(15)23-11-21(2,3)29/h4-10,12-13,29H,11H2,1-3H3,(H,23,27)(H,24,25,26)/t13-/m0/s1. The number of rotatable bonds is 6. The number of para-hydroxylation sites is 1. The highest BCUT2D eigenvalue weighted by Crippen LogP contribution is 2.31. The third-order valence-electron chi connectivity index (χ3n) is 4.67. The highest BCUT2D eigenvalue weighted by Gasteiger charge is 2.19. The molecule has 3 heterocycles. The Morgan fingerprint density at radius 1 is 1.21 bits per heavy atom. The van der Waals surface area contributed by atoms with Gasteiger partial charge in [-0.1, -0.05) is 23.7 Å². The van der Waals surface area contributed by atoms with Crippen molar-refractivity contribution in [2.75, 3.05) is 17.2 Å². The molecule has 1 aromatic carbocycles. The van der Waals surface area contributed by atoms with Gasteiger partial charge in [-0.15, -0.1) is 0 Å². The van der Waals surface area contributed by atoms with Crippen LogP contribution >= 0.6 is 11.6 Å². The van der Waals surface area contributed by atoms with E-state index in [-0.39, 0.29) is 6.04 Å². The summed E-state index contributed by atoms with van der Waals surface area (Å²) < 4.78 is 1.77. The zero-order valence-electron chi connectivity index (χ0n) is 16.5. The van der Waals surface area contributed by atoms with E-state index in [1.54, 1.807) is 18.4 Å². The van der Waals surface area contributed by atoms with E-state index in [1.165, 1.54) is 6.33 Å². The fourth-order valence-corrected chi connectivity index (χ4v) is 3.43. The Morgan fingerprint density at radius 2 is 2.03 bits per heavy atom. The Labute approximate surface area is 173 Å². The molecule has 7 nitrogen and oxygen atoms in total. The molecule has 3 aromatic heterocycles. The second-order valence-corrected chi connectivity index (χ2v) is 8.12. The number of anilines is 2. The minimum absolute atomic E-state index is 0.108. The number of hydrogen-bond donors (Lipinski definition) is 3. The maximum absolute atomic E-state index is 10.2. The number of benzene rings is 1. The van der Waals surface area contributed by atoms with Crippen LogP contribution in [-0.2, 0) is 0 Å². The summed E-state index contributed by atoms with van der Waals surface area (Å²) in [5.41, 5.74) is 1.68. The second kappa shape index (κ2) is 7.50. The first kappa shape index (κ1) is 19.4. The largest absolute Gasteiger partial charge is 0.389 e. The lowest BCUT2D eigenvalue weighted by Gasteiger charge is -2.23. The van der Waals surface area contributed by atoms with Crippen LogP contribution in [0.2, 0.25) is 5.02 Å². The topological polar surface area (TPSA) is 87.4 Å². The van der Waals surface area contributed by atoms with Gasteiger partial charge in [0.15, 0.2) is 5.82 Å². The number of nitrogens with one attached hydrogen (secondary N) is 2. The maximum atomic E-state index is 10.2. The molecule has 4 aromatic rings. The maximum Gasteiger partial charge on any atom is 0.154 e. The Bertz CT molecular complexity index is 1170. The summed E-state index contributed by atoms with van der Waals surface area (Å²) >= 11 is 6.36. The van der Waals surface area contributed by atoms with Gasteiger partial charge in [0.25, 0.3) is 0 Å². The fraction of sp³-hybridized carbons (Fsp3) is 0.286. The van der Waals surface area contributed by atoms with E-state index in [4.69, 9.17) is 16.6 Å². The summed E-state index contributed by atoms with van der Waals surface area (Å²) in [6.07, 6.45) is 3.40. The highest BCUT2D eigenvalue weighted by atomic mass is 35.5. The molecular weight excluding hydrogens is 388 g/mol. The Morgan fingerprint density at radius 3 is 2.83 bits per heavy atom. The van der Waals surface area contributed by atoms with Crippen molar-refractivity contribution >= 4 is 39.7 Å². The van der Waals surface area contributed by atoms with Crippen molar-refractivity contribution < 1.29 is 5.11 Å². The quantitative estimate of drug-likeness (QED) is 0.439. The zero-order valence-corrected chi connectivity index (χ0v) is 17.3. The van der Waals surface area contributed by atoms with Gasteiger partial charge in [0.1, 0.15) is 17.7 Å². The first-order valence-electron chi connectivity index (χ1n) is 9.42. The van der Waals surface area contributed by atoms with E-state index in [2.05, 4.69) is 26.8 Å². The first-order chi connectivity index (χ1) is 13.8. The molecule has 29 heavy (non-hydrogen) atoms. The molecule has 0 radical (unpaired) electrons. The summed E-state index contributed by atoms with van der Waals surface area (Å²) in [6.45, 7) is 5.90. The summed E-state index contributed by atoms with van der Waals surface area (Å²) in [7, 11) is 0. The zero-order chi connectivity index (χ0) is 20.6. The molecule has 0 saturated heterocycles. The van der Waals surface area contributed by atoms with Crippen molar-refractivity contribution in [1.82, 2.24) is 19.6 Å². The molecule has 150 valence electrons. The minimum Gasteiger partial charge on any atom is -0.389 e. The molecule has 8 heteroatoms. The molecule has 0 aliphatic rings. The third-order valence-corrected chi connectivity index (χ3v) is 4.97. The van der Waals surface area contributed by atoms with Gasteiger partial charge in [-0.25, -0.2) is 14.5 Å². The fourth-order valence-electron chi connectivity index (χ4n) is 3.21. The third kappa shape index (κ3) is 4.11. The van der Waals surface area contributed by atoms with Crippen LogP contribution in [0.5, 0.6) is 0 Å². The van der Waals surface area contributed by atoms with Gasteiger partial charge in [-0.3, -0.25) is 0 Å². The van der Waals surface area contributed by atoms with Gasteiger partial charge in [0.2, 0.25) is 0 Å². The number of aliphatic hydroxyl groups is 1. The van der Waals surface area contributed by atoms with Gasteiger partial charge in [0, 0.05) is 23.7 Å². The Kier molecular flexibility index (Phi) is 5.02. The normalized spacial score (nSPS) is 13.0. The summed E-state index contributed by atoms with van der Waals surface area (Å²) in [5.74, 6) is 1.41. The summed E-state index contributed by atoms with van der Waals surface area (Å²) in [6, 6.07) is 11.6. The van der Waals surface area contributed by atoms with Crippen LogP contribution in [0.4, 0.5) is 11.6 Å². The predicted molar refractivity (Wildman–Crippen MR) is 117 cm³/mol. The molecule has 0 bridgehead atoms. The lowest BCUT2D eigenvalue weighted by Crippen LogP contribution is -2.30. The highest BCUT2D eigenvalue weighted by molar-refractivity contribution is 6.35. The van der Waals surface area contributed by atoms with Crippen LogP contribution in [0, 0.1) is 0 Å². The van der Waals surface area contributed by atoms with Gasteiger partial charge in [-0.2, -0.15) is 5.10 Å². The number of pyridine rings is 1. The molecule has 4 rings (SSSR count). The SMILES string of the molecule is C[C@H](Nc1ncnn2cccc12)c1cc2cccc(Cl)c2nc1NCC(C)(C)O. The van der Waals surface area contributed by atoms with Crippen LogP contribution in [-0.4, -0.2) is 36.8 Å². The average Bonchev–Trinajstić information content (AvgIpc) is 3.15. The van der Waals surface area contributed by atoms with E-state index in [9.17, 15) is 5.11 Å². The minimum atomic E-state index is -0.879. The van der Waals surface area contributed by atoms with Crippen molar-refractivity contribution in [3.63, 3.8) is 0 Å². The van der Waals surface area contributed by atoms with Crippen LogP contribution in [0.25, 0.3) is 16.4 Å². The van der Waals surface area contributed by atoms with Gasteiger partial charge in [0.05, 0.1) is 22.2 Å². The van der Waals surface area contributed by atoms with Crippen molar-refractivity contribution in [2.45, 2.75) is 32.4 Å². The summed E-state index contributed by atoms with van der Waals surface area (Å²) in [5, 5.41) is 22.6. The average molecular weight is 411 g/mol. The molecular formula is C21H23ClN6O. The molecule has 0 saturated carbocycles. The molecule has 3 N–H and O–H groups in total. The van der Waals surface area contributed by atoms with Gasteiger partial charge >= 0.3 is 0 Å². The smallest absolute Gasteiger partial charge is 0.154 e. The predicted octanol–water partition coefficient (Wildman–Crippen LogP) is 4.29. The van der Waals surface area contributed by atoms with Crippen molar-refractivity contribution in [3.8, 4) is 0 Å². The monoisotopic (exact) mass is 410 g/mol. The second-order valence-electron chi connectivity index (χ2n) is 7.72. The summed E-state index contributed by atoms with van der Waals surface area (Å²) in [4.78, 5) is 9.15. The Balaban J connectivity index is 1.74. The molecule has 1 atom stereocenters. The van der Waals surface area contributed by atoms with E-state index in [0.717, 1.165) is 27.8 Å². The van der Waals surface area contributed by atoms with E-state index >= 15 is 0 Å². The van der Waals surface area contributed by atoms with E-state index in [0.29, 0.717) is 17.4 Å². The molecule has 0 aliphatic heterocycles. The van der Waals surface area contributed by atoms with Crippen molar-refractivity contribution in [3.05, 3.63) is 59.5 Å². The van der Waals surface area contributed by atoms with Crippen molar-refractivity contribution in [2.24, 2.45) is 0 Å². The van der Waals surface area contributed by atoms with Crippen LogP contribution < -0.4 is 10.6 Å². The lowest BCUT2D eigenvalue weighted by atomic mass is 10.0. The number of aromatic nitrogens is 4. The van der Waals surface area contributed by atoms with Gasteiger partial charge < -0.3 is 15.7 Å². The molecule has 0 fully saturated rings. The molecule has 0 aliphatic carbocycles. The number of fused-ring (bicyclic) bond motifs is 2. The van der Waals surface area contributed by atoms with Crippen molar-refractivity contribution in [1.29, 1.82) is 0 Å². The van der Waals surface area contributed by atoms with Gasteiger partial charge in [-0.05, 0) is 45.0 Å². The van der Waals surface area contributed by atoms with E-state index < -0.39 is 5.60 Å². The first-order valence-corrected chi connectivity index (χ1v) is 9.80. The Hall–Kier alpha value is -2.90. The lowest BCUT2D eigenvalue weighted by molar-refractivity contribution is 0.0944. The molecule has 0 amide bonds. The van der Waals surface area contributed by atoms with E-state index in [1.807, 2.05) is 43.5 Å². The number of hydrogen-bond acceptors (Lipinski definition) is 6. The number of halogens is 1. The molecule has 0 spiro atoms.